The van der Waals surface area contributed by atoms with Crippen molar-refractivity contribution in [3.63, 3.8) is 0 Å². The molecule has 2 aliphatic rings. The molecule has 1 fully saturated rings. The van der Waals surface area contributed by atoms with Gasteiger partial charge in [0.25, 0.3) is 0 Å². The van der Waals surface area contributed by atoms with Crippen molar-refractivity contribution < 1.29 is 9.53 Å². The summed E-state index contributed by atoms with van der Waals surface area (Å²) in [5.41, 5.74) is 1.48. The van der Waals surface area contributed by atoms with E-state index in [1.807, 2.05) is 0 Å². The Hall–Kier alpha value is -0.790. The van der Waals surface area contributed by atoms with E-state index >= 15 is 0 Å². The highest BCUT2D eigenvalue weighted by Gasteiger charge is 2.43. The number of fused-ring (bicyclic) bond motifs is 2. The maximum atomic E-state index is 11.8. The fraction of sp³-hybridized carbons (Fsp3) is 0.769. The smallest absolute Gasteiger partial charge is 0.309 e. The molecule has 0 heterocycles. The minimum atomic E-state index is 0.0414. The second-order valence-electron chi connectivity index (χ2n) is 4.87. The van der Waals surface area contributed by atoms with Crippen LogP contribution in [0.3, 0.4) is 0 Å². The van der Waals surface area contributed by atoms with Gasteiger partial charge in [0.05, 0.1) is 12.5 Å². The number of carbonyl (C=O) groups excluding carboxylic acids is 1. The van der Waals surface area contributed by atoms with Crippen molar-refractivity contribution in [3.8, 4) is 0 Å². The van der Waals surface area contributed by atoms with Crippen molar-refractivity contribution in [2.45, 2.75) is 39.5 Å². The van der Waals surface area contributed by atoms with Gasteiger partial charge >= 0.3 is 5.97 Å². The highest BCUT2D eigenvalue weighted by atomic mass is 16.5. The lowest BCUT2D eigenvalue weighted by molar-refractivity contribution is -0.149. The van der Waals surface area contributed by atoms with Gasteiger partial charge in [-0.25, -0.2) is 0 Å². The normalized spacial score (nSPS) is 32.9. The van der Waals surface area contributed by atoms with E-state index in [1.54, 1.807) is 0 Å². The SMILES string of the molecule is CCCCOC(=O)C1CC2CC1C=C2C. The van der Waals surface area contributed by atoms with Crippen LogP contribution in [0.5, 0.6) is 0 Å². The van der Waals surface area contributed by atoms with E-state index in [0.717, 1.165) is 19.3 Å². The van der Waals surface area contributed by atoms with Crippen molar-refractivity contribution in [2.24, 2.45) is 17.8 Å². The van der Waals surface area contributed by atoms with Gasteiger partial charge in [0.15, 0.2) is 0 Å². The molecule has 2 bridgehead atoms. The van der Waals surface area contributed by atoms with E-state index in [9.17, 15) is 4.79 Å². The van der Waals surface area contributed by atoms with Crippen molar-refractivity contribution >= 4 is 5.97 Å². The first kappa shape index (κ1) is 10.7. The number of hydrogen-bond acceptors (Lipinski definition) is 2. The summed E-state index contributed by atoms with van der Waals surface area (Å²) in [4.78, 5) is 11.8. The highest BCUT2D eigenvalue weighted by molar-refractivity contribution is 5.74. The number of ether oxygens (including phenoxy) is 1. The largest absolute Gasteiger partial charge is 0.465 e. The average molecular weight is 208 g/mol. The third kappa shape index (κ3) is 2.09. The van der Waals surface area contributed by atoms with Gasteiger partial charge in [-0.3, -0.25) is 4.79 Å². The van der Waals surface area contributed by atoms with E-state index < -0.39 is 0 Å². The summed E-state index contributed by atoms with van der Waals surface area (Å²) in [7, 11) is 0. The van der Waals surface area contributed by atoms with E-state index in [4.69, 9.17) is 4.74 Å². The first-order chi connectivity index (χ1) is 7.22. The molecule has 0 saturated heterocycles. The van der Waals surface area contributed by atoms with Crippen LogP contribution in [-0.2, 0) is 9.53 Å². The quantitative estimate of drug-likeness (QED) is 0.403. The second kappa shape index (κ2) is 4.38. The van der Waals surface area contributed by atoms with Gasteiger partial charge in [0, 0.05) is 0 Å². The number of hydrogen-bond donors (Lipinski definition) is 0. The van der Waals surface area contributed by atoms with Crippen LogP contribution < -0.4 is 0 Å². The predicted octanol–water partition coefficient (Wildman–Crippen LogP) is 2.93. The molecular weight excluding hydrogens is 188 g/mol. The first-order valence-corrected chi connectivity index (χ1v) is 6.07. The maximum Gasteiger partial charge on any atom is 0.309 e. The molecule has 0 radical (unpaired) electrons. The number of unbranched alkanes of at least 4 members (excludes halogenated alkanes) is 1. The van der Waals surface area contributed by atoms with E-state index in [-0.39, 0.29) is 11.9 Å². The van der Waals surface area contributed by atoms with Crippen molar-refractivity contribution in [1.82, 2.24) is 0 Å². The molecule has 0 N–H and O–H groups in total. The van der Waals surface area contributed by atoms with Crippen molar-refractivity contribution in [3.05, 3.63) is 11.6 Å². The third-order valence-corrected chi connectivity index (χ3v) is 3.78. The minimum Gasteiger partial charge on any atom is -0.465 e. The van der Waals surface area contributed by atoms with Gasteiger partial charge in [-0.05, 0) is 38.0 Å². The Bertz CT molecular complexity index is 280. The number of esters is 1. The standard InChI is InChI=1S/C13H20O2/c1-3-4-5-15-13(14)12-8-10-7-11(12)6-9(10)2/h6,10-12H,3-5,7-8H2,1-2H3. The molecule has 2 aliphatic carbocycles. The van der Waals surface area contributed by atoms with Gasteiger partial charge < -0.3 is 4.74 Å². The van der Waals surface area contributed by atoms with Gasteiger partial charge in [0.1, 0.15) is 0 Å². The van der Waals surface area contributed by atoms with Gasteiger partial charge in [-0.2, -0.15) is 0 Å². The summed E-state index contributed by atoms with van der Waals surface area (Å²) in [6.45, 7) is 4.90. The molecule has 0 aromatic rings. The lowest BCUT2D eigenvalue weighted by Gasteiger charge is -2.18. The Balaban J connectivity index is 1.83. The van der Waals surface area contributed by atoms with Crippen LogP contribution >= 0.6 is 0 Å². The van der Waals surface area contributed by atoms with Gasteiger partial charge in [-0.1, -0.05) is 25.0 Å². The minimum absolute atomic E-state index is 0.0414. The van der Waals surface area contributed by atoms with Crippen LogP contribution in [0.25, 0.3) is 0 Å². The topological polar surface area (TPSA) is 26.3 Å². The molecule has 0 spiro atoms. The zero-order valence-electron chi connectivity index (χ0n) is 9.66. The summed E-state index contributed by atoms with van der Waals surface area (Å²) >= 11 is 0. The van der Waals surface area contributed by atoms with E-state index in [0.29, 0.717) is 18.4 Å². The molecule has 0 amide bonds. The van der Waals surface area contributed by atoms with Crippen LogP contribution in [0.1, 0.15) is 39.5 Å². The van der Waals surface area contributed by atoms with Crippen LogP contribution in [0.4, 0.5) is 0 Å². The molecule has 2 rings (SSSR count). The van der Waals surface area contributed by atoms with Crippen LogP contribution in [-0.4, -0.2) is 12.6 Å². The Morgan fingerprint density at radius 3 is 2.87 bits per heavy atom. The highest BCUT2D eigenvalue weighted by Crippen LogP contribution is 2.47. The molecule has 0 aliphatic heterocycles. The van der Waals surface area contributed by atoms with Crippen molar-refractivity contribution in [2.75, 3.05) is 6.61 Å². The third-order valence-electron chi connectivity index (χ3n) is 3.78. The number of rotatable bonds is 4. The molecule has 2 nitrogen and oxygen atoms in total. The molecule has 15 heavy (non-hydrogen) atoms. The zero-order valence-corrected chi connectivity index (χ0v) is 9.66. The fourth-order valence-electron chi connectivity index (χ4n) is 2.80. The summed E-state index contributed by atoms with van der Waals surface area (Å²) in [6.07, 6.45) is 6.56. The fourth-order valence-corrected chi connectivity index (χ4v) is 2.80. The second-order valence-corrected chi connectivity index (χ2v) is 4.87. The van der Waals surface area contributed by atoms with Crippen LogP contribution in [0.15, 0.2) is 11.6 Å². The van der Waals surface area contributed by atoms with Gasteiger partial charge in [-0.15, -0.1) is 0 Å². The lowest BCUT2D eigenvalue weighted by atomic mass is 9.90. The summed E-state index contributed by atoms with van der Waals surface area (Å²) in [6, 6.07) is 0. The molecule has 0 aromatic heterocycles. The number of carbonyl (C=O) groups is 1. The molecule has 0 aromatic carbocycles. The summed E-state index contributed by atoms with van der Waals surface area (Å²) < 4.78 is 5.29. The average Bonchev–Trinajstić information content (AvgIpc) is 2.76. The van der Waals surface area contributed by atoms with E-state index in [1.165, 1.54) is 12.0 Å². The number of allylic oxidation sites excluding steroid dienone is 2. The zero-order chi connectivity index (χ0) is 10.8. The molecule has 84 valence electrons. The molecule has 3 unspecified atom stereocenters. The first-order valence-electron chi connectivity index (χ1n) is 6.07. The Morgan fingerprint density at radius 2 is 2.33 bits per heavy atom. The summed E-state index contributed by atoms with van der Waals surface area (Å²) in [5.74, 6) is 1.35. The molecule has 3 atom stereocenters. The maximum absolute atomic E-state index is 11.8. The summed E-state index contributed by atoms with van der Waals surface area (Å²) in [5, 5.41) is 0. The molecule has 1 saturated carbocycles. The van der Waals surface area contributed by atoms with E-state index in [2.05, 4.69) is 19.9 Å². The Kier molecular flexibility index (Phi) is 3.13. The van der Waals surface area contributed by atoms with Crippen LogP contribution in [0.2, 0.25) is 0 Å². The van der Waals surface area contributed by atoms with Gasteiger partial charge in [0.2, 0.25) is 0 Å². The Morgan fingerprint density at radius 1 is 1.53 bits per heavy atom. The Labute approximate surface area is 91.7 Å². The monoisotopic (exact) mass is 208 g/mol. The molecular formula is C13H20O2. The predicted molar refractivity (Wildman–Crippen MR) is 59.3 cm³/mol. The molecule has 2 heteroatoms. The van der Waals surface area contributed by atoms with Crippen molar-refractivity contribution in [1.29, 1.82) is 0 Å². The van der Waals surface area contributed by atoms with Crippen LogP contribution in [0, 0.1) is 17.8 Å². The lowest BCUT2D eigenvalue weighted by Crippen LogP contribution is -2.22.